The molecule has 0 aliphatic carbocycles. The van der Waals surface area contributed by atoms with Crippen LogP contribution in [0.15, 0.2) is 18.2 Å². The standard InChI is InChI=1S/C9H12ClN/c1-6(2)7-3-4-9(11)8(10)5-7/h3-6H,11H2,1-2H3. The van der Waals surface area contributed by atoms with Crippen LogP contribution in [-0.2, 0) is 0 Å². The van der Waals surface area contributed by atoms with E-state index in [1.54, 1.807) is 0 Å². The van der Waals surface area contributed by atoms with E-state index in [-0.39, 0.29) is 0 Å². The fourth-order valence-electron chi connectivity index (χ4n) is 0.903. The van der Waals surface area contributed by atoms with Crippen molar-refractivity contribution in [2.45, 2.75) is 19.8 Å². The molecule has 0 aromatic heterocycles. The van der Waals surface area contributed by atoms with Crippen LogP contribution < -0.4 is 5.73 Å². The Balaban J connectivity index is 3.05. The number of nitrogens with two attached hydrogens (primary N) is 1. The molecule has 0 atom stereocenters. The van der Waals surface area contributed by atoms with Crippen molar-refractivity contribution in [3.8, 4) is 0 Å². The number of benzene rings is 1. The summed E-state index contributed by atoms with van der Waals surface area (Å²) in [7, 11) is 0. The molecule has 0 fully saturated rings. The van der Waals surface area contributed by atoms with E-state index >= 15 is 0 Å². The van der Waals surface area contributed by atoms with E-state index in [0.29, 0.717) is 16.6 Å². The number of halogens is 1. The van der Waals surface area contributed by atoms with Crippen molar-refractivity contribution >= 4 is 17.3 Å². The lowest BCUT2D eigenvalue weighted by molar-refractivity contribution is 0.867. The molecule has 0 aliphatic rings. The van der Waals surface area contributed by atoms with Gasteiger partial charge in [-0.3, -0.25) is 0 Å². The highest BCUT2D eigenvalue weighted by atomic mass is 35.5. The fourth-order valence-corrected chi connectivity index (χ4v) is 1.09. The van der Waals surface area contributed by atoms with Gasteiger partial charge in [0.25, 0.3) is 0 Å². The molecule has 0 spiro atoms. The molecule has 1 aromatic rings. The summed E-state index contributed by atoms with van der Waals surface area (Å²) in [6, 6.07) is 5.77. The first kappa shape index (κ1) is 8.41. The molecule has 1 nitrogen and oxygen atoms in total. The molecule has 0 amide bonds. The van der Waals surface area contributed by atoms with Crippen LogP contribution in [0.1, 0.15) is 25.3 Å². The van der Waals surface area contributed by atoms with Gasteiger partial charge in [0.2, 0.25) is 0 Å². The minimum absolute atomic E-state index is 0.507. The molecule has 1 aromatic carbocycles. The fraction of sp³-hybridized carbons (Fsp3) is 0.333. The van der Waals surface area contributed by atoms with E-state index in [1.807, 2.05) is 18.2 Å². The van der Waals surface area contributed by atoms with Crippen LogP contribution in [0.4, 0.5) is 5.69 Å². The van der Waals surface area contributed by atoms with Crippen LogP contribution in [0, 0.1) is 0 Å². The third-order valence-corrected chi connectivity index (χ3v) is 2.02. The van der Waals surface area contributed by atoms with E-state index in [9.17, 15) is 0 Å². The van der Waals surface area contributed by atoms with E-state index in [2.05, 4.69) is 13.8 Å². The maximum Gasteiger partial charge on any atom is 0.0638 e. The molecular formula is C9H12ClN. The van der Waals surface area contributed by atoms with Gasteiger partial charge in [0.15, 0.2) is 0 Å². The van der Waals surface area contributed by atoms with E-state index < -0.39 is 0 Å². The van der Waals surface area contributed by atoms with Crippen molar-refractivity contribution in [3.05, 3.63) is 28.8 Å². The topological polar surface area (TPSA) is 26.0 Å². The van der Waals surface area contributed by atoms with Gasteiger partial charge in [-0.15, -0.1) is 0 Å². The summed E-state index contributed by atoms with van der Waals surface area (Å²) >= 11 is 5.83. The van der Waals surface area contributed by atoms with Crippen LogP contribution in [0.25, 0.3) is 0 Å². The molecule has 0 aliphatic heterocycles. The number of hydrogen-bond donors (Lipinski definition) is 1. The normalized spacial score (nSPS) is 10.5. The molecule has 0 unspecified atom stereocenters. The second-order valence-corrected chi connectivity index (χ2v) is 3.34. The third kappa shape index (κ3) is 1.87. The first-order valence-corrected chi connectivity index (χ1v) is 4.04. The molecule has 0 radical (unpaired) electrons. The Bertz CT molecular complexity index is 256. The highest BCUT2D eigenvalue weighted by Gasteiger charge is 2.01. The van der Waals surface area contributed by atoms with Crippen LogP contribution in [-0.4, -0.2) is 0 Å². The highest BCUT2D eigenvalue weighted by Crippen LogP contribution is 2.23. The third-order valence-electron chi connectivity index (χ3n) is 1.69. The molecule has 0 saturated carbocycles. The lowest BCUT2D eigenvalue weighted by Gasteiger charge is -2.06. The molecule has 1 rings (SSSR count). The van der Waals surface area contributed by atoms with Gasteiger partial charge >= 0.3 is 0 Å². The summed E-state index contributed by atoms with van der Waals surface area (Å²) in [5.74, 6) is 0.507. The number of anilines is 1. The van der Waals surface area contributed by atoms with Crippen molar-refractivity contribution in [3.63, 3.8) is 0 Å². The van der Waals surface area contributed by atoms with Gasteiger partial charge in [0, 0.05) is 0 Å². The minimum Gasteiger partial charge on any atom is -0.398 e. The van der Waals surface area contributed by atoms with Gasteiger partial charge in [0.05, 0.1) is 10.7 Å². The smallest absolute Gasteiger partial charge is 0.0638 e. The van der Waals surface area contributed by atoms with Crippen LogP contribution >= 0.6 is 11.6 Å². The lowest BCUT2D eigenvalue weighted by atomic mass is 10.0. The molecule has 11 heavy (non-hydrogen) atoms. The Kier molecular flexibility index (Phi) is 2.40. The maximum atomic E-state index is 5.83. The van der Waals surface area contributed by atoms with Gasteiger partial charge in [-0.1, -0.05) is 31.5 Å². The van der Waals surface area contributed by atoms with E-state index in [1.165, 1.54) is 5.56 Å². The van der Waals surface area contributed by atoms with Gasteiger partial charge in [-0.2, -0.15) is 0 Å². The monoisotopic (exact) mass is 169 g/mol. The molecule has 0 bridgehead atoms. The second kappa shape index (κ2) is 3.14. The van der Waals surface area contributed by atoms with Crippen molar-refractivity contribution in [2.75, 3.05) is 5.73 Å². The summed E-state index contributed by atoms with van der Waals surface area (Å²) in [5, 5.41) is 0.649. The predicted octanol–water partition coefficient (Wildman–Crippen LogP) is 3.05. The first-order valence-electron chi connectivity index (χ1n) is 3.66. The highest BCUT2D eigenvalue weighted by molar-refractivity contribution is 6.33. The van der Waals surface area contributed by atoms with Gasteiger partial charge in [-0.05, 0) is 23.6 Å². The van der Waals surface area contributed by atoms with Gasteiger partial charge in [0.1, 0.15) is 0 Å². The summed E-state index contributed by atoms with van der Waals surface area (Å²) in [5.41, 5.74) is 7.43. The summed E-state index contributed by atoms with van der Waals surface area (Å²) in [6.07, 6.45) is 0. The largest absolute Gasteiger partial charge is 0.398 e. The predicted molar refractivity (Wildman–Crippen MR) is 50.0 cm³/mol. The zero-order valence-electron chi connectivity index (χ0n) is 6.76. The maximum absolute atomic E-state index is 5.83. The molecule has 2 N–H and O–H groups in total. The SMILES string of the molecule is CC(C)c1ccc(N)c(Cl)c1. The first-order chi connectivity index (χ1) is 5.11. The number of rotatable bonds is 1. The molecule has 0 heterocycles. The average molecular weight is 170 g/mol. The zero-order valence-corrected chi connectivity index (χ0v) is 7.52. The van der Waals surface area contributed by atoms with Crippen molar-refractivity contribution < 1.29 is 0 Å². The molecular weight excluding hydrogens is 158 g/mol. The zero-order chi connectivity index (χ0) is 8.43. The average Bonchev–Trinajstić information content (AvgIpc) is 1.94. The Hall–Kier alpha value is -0.690. The Morgan fingerprint density at radius 3 is 2.45 bits per heavy atom. The van der Waals surface area contributed by atoms with Crippen LogP contribution in [0.2, 0.25) is 5.02 Å². The summed E-state index contributed by atoms with van der Waals surface area (Å²) in [4.78, 5) is 0. The second-order valence-electron chi connectivity index (χ2n) is 2.94. The molecule has 0 saturated heterocycles. The van der Waals surface area contributed by atoms with E-state index in [4.69, 9.17) is 17.3 Å². The molecule has 2 heteroatoms. The summed E-state index contributed by atoms with van der Waals surface area (Å²) in [6.45, 7) is 4.25. The Labute approximate surface area is 72.2 Å². The van der Waals surface area contributed by atoms with Gasteiger partial charge in [-0.25, -0.2) is 0 Å². The molecule has 60 valence electrons. The number of hydrogen-bond acceptors (Lipinski definition) is 1. The quantitative estimate of drug-likeness (QED) is 0.643. The minimum atomic E-state index is 0.507. The van der Waals surface area contributed by atoms with Crippen molar-refractivity contribution in [2.24, 2.45) is 0 Å². The van der Waals surface area contributed by atoms with Crippen molar-refractivity contribution in [1.82, 2.24) is 0 Å². The summed E-state index contributed by atoms with van der Waals surface area (Å²) < 4.78 is 0. The van der Waals surface area contributed by atoms with Gasteiger partial charge < -0.3 is 5.73 Å². The Morgan fingerprint density at radius 1 is 1.36 bits per heavy atom. The lowest BCUT2D eigenvalue weighted by Crippen LogP contribution is -1.90. The van der Waals surface area contributed by atoms with E-state index in [0.717, 1.165) is 0 Å². The van der Waals surface area contributed by atoms with Crippen molar-refractivity contribution in [1.29, 1.82) is 0 Å². The van der Waals surface area contributed by atoms with Crippen LogP contribution in [0.3, 0.4) is 0 Å². The van der Waals surface area contributed by atoms with Crippen LogP contribution in [0.5, 0.6) is 0 Å². The number of nitrogen functional groups attached to an aromatic ring is 1. The Morgan fingerprint density at radius 2 is 2.00 bits per heavy atom.